The quantitative estimate of drug-likeness (QED) is 0.518. The first-order valence-electron chi connectivity index (χ1n) is 11.8. The van der Waals surface area contributed by atoms with Gasteiger partial charge in [-0.1, -0.05) is 19.1 Å². The maximum atomic E-state index is 13.7. The summed E-state index contributed by atoms with van der Waals surface area (Å²) in [6, 6.07) is 3.02. The highest BCUT2D eigenvalue weighted by molar-refractivity contribution is 6.00. The monoisotopic (exact) mass is 516 g/mol. The zero-order valence-electron chi connectivity index (χ0n) is 20.7. The minimum atomic E-state index is -4.57. The molecule has 0 unspecified atom stereocenters. The van der Waals surface area contributed by atoms with Gasteiger partial charge in [0.15, 0.2) is 11.6 Å². The van der Waals surface area contributed by atoms with Crippen molar-refractivity contribution in [2.24, 2.45) is 5.41 Å². The van der Waals surface area contributed by atoms with Gasteiger partial charge in [-0.2, -0.15) is 13.2 Å². The number of allylic oxidation sites excluding steroid dienone is 3. The molecule has 2 amide bonds. The lowest BCUT2D eigenvalue weighted by Gasteiger charge is -2.38. The molecule has 0 saturated carbocycles. The molecule has 0 spiro atoms. The van der Waals surface area contributed by atoms with Crippen LogP contribution in [-0.4, -0.2) is 41.6 Å². The lowest BCUT2D eigenvalue weighted by Crippen LogP contribution is -2.41. The number of nitrogens with zero attached hydrogens (tertiary/aromatic N) is 2. The highest BCUT2D eigenvalue weighted by Crippen LogP contribution is 2.39. The molecule has 1 fully saturated rings. The number of hydrogen-bond acceptors (Lipinski definition) is 6. The smallest absolute Gasteiger partial charge is 0.416 e. The number of aryl methyl sites for hydroxylation is 1. The number of ether oxygens (including phenoxy) is 2. The first-order chi connectivity index (χ1) is 17.5. The van der Waals surface area contributed by atoms with E-state index in [1.807, 2.05) is 6.92 Å². The van der Waals surface area contributed by atoms with E-state index in [1.165, 1.54) is 24.4 Å². The third-order valence-electron chi connectivity index (χ3n) is 6.02. The van der Waals surface area contributed by atoms with Crippen LogP contribution in [0, 0.1) is 12.3 Å². The number of carbonyl (C=O) groups excluding carboxylic acids is 2. The zero-order valence-corrected chi connectivity index (χ0v) is 20.7. The molecule has 37 heavy (non-hydrogen) atoms. The fraction of sp³-hybridized carbons (Fsp3) is 0.385. The standard InChI is InChI=1S/C26H27F3N4O4/c1-4-37-22-10-18(34)7-8-19(22)23-30-12-21(15(2)31-23)33-24(35)32-17-6-5-16(11-25(3)13-36-14-25)20(9-17)26(27,28)29/h5-6,8-10,12H,4,7,11,13-14H2,1-3H3,(H2,32,33,35). The van der Waals surface area contributed by atoms with E-state index in [-0.39, 0.29) is 41.0 Å². The van der Waals surface area contributed by atoms with Crippen LogP contribution in [-0.2, 0) is 26.9 Å². The molecule has 11 heteroatoms. The van der Waals surface area contributed by atoms with Gasteiger partial charge in [-0.15, -0.1) is 0 Å². The molecule has 2 aromatic rings. The van der Waals surface area contributed by atoms with Crippen molar-refractivity contribution < 1.29 is 32.2 Å². The number of alkyl halides is 3. The molecule has 2 heterocycles. The maximum Gasteiger partial charge on any atom is 0.416 e. The van der Waals surface area contributed by atoms with E-state index in [4.69, 9.17) is 9.47 Å². The molecule has 1 aliphatic heterocycles. The molecule has 2 aliphatic rings. The first-order valence-corrected chi connectivity index (χ1v) is 11.8. The second-order valence-corrected chi connectivity index (χ2v) is 9.35. The van der Waals surface area contributed by atoms with Gasteiger partial charge >= 0.3 is 12.2 Å². The Morgan fingerprint density at radius 1 is 1.24 bits per heavy atom. The Morgan fingerprint density at radius 2 is 2.00 bits per heavy atom. The molecule has 0 atom stereocenters. The van der Waals surface area contributed by atoms with Gasteiger partial charge in [0.2, 0.25) is 0 Å². The Labute approximate surface area is 212 Å². The minimum absolute atomic E-state index is 0.00213. The van der Waals surface area contributed by atoms with Crippen LogP contribution in [0.1, 0.15) is 42.9 Å². The first kappa shape index (κ1) is 26.3. The Bertz CT molecular complexity index is 1280. The number of rotatable bonds is 7. The Hall–Kier alpha value is -3.73. The van der Waals surface area contributed by atoms with Crippen LogP contribution in [0.25, 0.3) is 5.57 Å². The van der Waals surface area contributed by atoms with Crippen LogP contribution in [0.3, 0.4) is 0 Å². The van der Waals surface area contributed by atoms with Crippen LogP contribution < -0.4 is 10.6 Å². The van der Waals surface area contributed by atoms with Crippen LogP contribution >= 0.6 is 0 Å². The van der Waals surface area contributed by atoms with Gasteiger partial charge in [0.1, 0.15) is 5.76 Å². The fourth-order valence-corrected chi connectivity index (χ4v) is 4.15. The SMILES string of the molecule is CCOC1=CC(=O)CC=C1c1ncc(NC(=O)Nc2ccc(CC3(C)COC3)c(C(F)(F)F)c2)c(C)n1. The molecule has 0 bridgehead atoms. The summed E-state index contributed by atoms with van der Waals surface area (Å²) in [7, 11) is 0. The van der Waals surface area contributed by atoms with Crippen LogP contribution in [0.5, 0.6) is 0 Å². The summed E-state index contributed by atoms with van der Waals surface area (Å²) >= 11 is 0. The number of anilines is 2. The van der Waals surface area contributed by atoms with Crippen molar-refractivity contribution in [3.63, 3.8) is 0 Å². The Morgan fingerprint density at radius 3 is 2.62 bits per heavy atom. The summed E-state index contributed by atoms with van der Waals surface area (Å²) in [5.41, 5.74) is 0.309. The lowest BCUT2D eigenvalue weighted by molar-refractivity contribution is -0.139. The average molecular weight is 517 g/mol. The number of ketones is 1. The summed E-state index contributed by atoms with van der Waals surface area (Å²) in [6.07, 6.45) is 0.326. The van der Waals surface area contributed by atoms with Crippen LogP contribution in [0.2, 0.25) is 0 Å². The van der Waals surface area contributed by atoms with Crippen molar-refractivity contribution >= 4 is 28.8 Å². The summed E-state index contributed by atoms with van der Waals surface area (Å²) < 4.78 is 51.9. The van der Waals surface area contributed by atoms with Gasteiger partial charge in [0.25, 0.3) is 0 Å². The Balaban J connectivity index is 1.47. The molecule has 1 saturated heterocycles. The second-order valence-electron chi connectivity index (χ2n) is 9.35. The number of nitrogens with one attached hydrogen (secondary N) is 2. The number of halogens is 3. The molecule has 1 aromatic carbocycles. The van der Waals surface area contributed by atoms with Crippen molar-refractivity contribution in [3.05, 3.63) is 65.0 Å². The summed E-state index contributed by atoms with van der Waals surface area (Å²) in [4.78, 5) is 33.0. The molecule has 1 aliphatic carbocycles. The number of benzene rings is 1. The van der Waals surface area contributed by atoms with E-state index >= 15 is 0 Å². The van der Waals surface area contributed by atoms with Gasteiger partial charge in [-0.3, -0.25) is 4.79 Å². The molecule has 0 radical (unpaired) electrons. The fourth-order valence-electron chi connectivity index (χ4n) is 4.15. The molecular weight excluding hydrogens is 489 g/mol. The predicted octanol–water partition coefficient (Wildman–Crippen LogP) is 5.30. The highest BCUT2D eigenvalue weighted by atomic mass is 19.4. The van der Waals surface area contributed by atoms with Crippen molar-refractivity contribution in [1.82, 2.24) is 9.97 Å². The van der Waals surface area contributed by atoms with E-state index in [1.54, 1.807) is 19.9 Å². The topological polar surface area (TPSA) is 102 Å². The normalized spacial score (nSPS) is 16.9. The Kier molecular flexibility index (Phi) is 7.35. The molecular formula is C26H27F3N4O4. The van der Waals surface area contributed by atoms with Gasteiger partial charge in [0.05, 0.1) is 48.5 Å². The molecule has 2 N–H and O–H groups in total. The van der Waals surface area contributed by atoms with E-state index in [9.17, 15) is 22.8 Å². The minimum Gasteiger partial charge on any atom is -0.493 e. The third kappa shape index (κ3) is 6.16. The van der Waals surface area contributed by atoms with E-state index in [0.717, 1.165) is 6.07 Å². The van der Waals surface area contributed by atoms with E-state index in [0.29, 0.717) is 42.7 Å². The second kappa shape index (κ2) is 10.3. The van der Waals surface area contributed by atoms with Crippen molar-refractivity contribution in [1.29, 1.82) is 0 Å². The van der Waals surface area contributed by atoms with Gasteiger partial charge in [-0.25, -0.2) is 14.8 Å². The van der Waals surface area contributed by atoms with Gasteiger partial charge in [0, 0.05) is 23.6 Å². The summed E-state index contributed by atoms with van der Waals surface area (Å²) in [5, 5.41) is 5.02. The third-order valence-corrected chi connectivity index (χ3v) is 6.02. The molecule has 8 nitrogen and oxygen atoms in total. The van der Waals surface area contributed by atoms with Crippen molar-refractivity contribution in [2.45, 2.75) is 39.8 Å². The van der Waals surface area contributed by atoms with Crippen LogP contribution in [0.4, 0.5) is 29.3 Å². The molecule has 1 aromatic heterocycles. The lowest BCUT2D eigenvalue weighted by atomic mass is 9.80. The maximum absolute atomic E-state index is 13.7. The average Bonchev–Trinajstić information content (AvgIpc) is 2.80. The van der Waals surface area contributed by atoms with Crippen LogP contribution in [0.15, 0.2) is 42.3 Å². The number of urea groups is 1. The van der Waals surface area contributed by atoms with Gasteiger partial charge in [-0.05, 0) is 38.0 Å². The van der Waals surface area contributed by atoms with E-state index < -0.39 is 17.8 Å². The molecule has 4 rings (SSSR count). The largest absolute Gasteiger partial charge is 0.493 e. The highest BCUT2D eigenvalue weighted by Gasteiger charge is 2.39. The predicted molar refractivity (Wildman–Crippen MR) is 131 cm³/mol. The van der Waals surface area contributed by atoms with E-state index in [2.05, 4.69) is 20.6 Å². The van der Waals surface area contributed by atoms with Gasteiger partial charge < -0.3 is 20.1 Å². The summed E-state index contributed by atoms with van der Waals surface area (Å²) in [5.74, 6) is 0.609. The number of carbonyl (C=O) groups is 2. The zero-order chi connectivity index (χ0) is 26.8. The number of amides is 2. The number of aromatic nitrogens is 2. The van der Waals surface area contributed by atoms with Crippen molar-refractivity contribution in [2.75, 3.05) is 30.5 Å². The number of hydrogen-bond donors (Lipinski definition) is 2. The van der Waals surface area contributed by atoms with Crippen molar-refractivity contribution in [3.8, 4) is 0 Å². The summed E-state index contributed by atoms with van der Waals surface area (Å²) in [6.45, 7) is 6.51. The molecule has 196 valence electrons.